The van der Waals surface area contributed by atoms with Crippen LogP contribution in [0.2, 0.25) is 0 Å². The molecule has 0 radical (unpaired) electrons. The fraction of sp³-hybridized carbons (Fsp3) is 0.471. The Bertz CT molecular complexity index is 639. The number of carbonyl (C=O) groups is 1. The molecule has 5 heteroatoms. The average molecular weight is 319 g/mol. The van der Waals surface area contributed by atoms with E-state index in [1.54, 1.807) is 11.3 Å². The Morgan fingerprint density at radius 3 is 2.82 bits per heavy atom. The second-order valence-electron chi connectivity index (χ2n) is 5.64. The molecule has 1 aliphatic rings. The highest BCUT2D eigenvalue weighted by atomic mass is 32.1. The van der Waals surface area contributed by atoms with Crippen LogP contribution in [0.3, 0.4) is 0 Å². The third-order valence-electron chi connectivity index (χ3n) is 4.08. The van der Waals surface area contributed by atoms with Crippen molar-refractivity contribution < 1.29 is 14.3 Å². The van der Waals surface area contributed by atoms with Gasteiger partial charge in [0.15, 0.2) is 0 Å². The number of aryl methyl sites for hydroxylation is 1. The minimum absolute atomic E-state index is 0.0489. The molecular weight excluding hydrogens is 298 g/mol. The summed E-state index contributed by atoms with van der Waals surface area (Å²) in [4.78, 5) is 13.7. The summed E-state index contributed by atoms with van der Waals surface area (Å²) in [5, 5.41) is 0.926. The molecule has 2 aromatic heterocycles. The van der Waals surface area contributed by atoms with Crippen molar-refractivity contribution >= 4 is 17.3 Å². The molecule has 1 unspecified atom stereocenters. The van der Waals surface area contributed by atoms with Gasteiger partial charge in [0.1, 0.15) is 11.6 Å². The summed E-state index contributed by atoms with van der Waals surface area (Å²) in [6.07, 6.45) is 7.17. The lowest BCUT2D eigenvalue weighted by Gasteiger charge is -2.22. The highest BCUT2D eigenvalue weighted by Crippen LogP contribution is 2.31. The molecule has 22 heavy (non-hydrogen) atoms. The van der Waals surface area contributed by atoms with Crippen molar-refractivity contribution in [3.8, 4) is 5.00 Å². The number of hydrogen-bond donors (Lipinski definition) is 0. The monoisotopic (exact) mass is 319 g/mol. The summed E-state index contributed by atoms with van der Waals surface area (Å²) in [7, 11) is 0. The number of esters is 1. The summed E-state index contributed by atoms with van der Waals surface area (Å²) >= 11 is 1.62. The van der Waals surface area contributed by atoms with E-state index in [4.69, 9.17) is 9.47 Å². The van der Waals surface area contributed by atoms with Gasteiger partial charge in [0.05, 0.1) is 11.7 Å². The van der Waals surface area contributed by atoms with E-state index in [2.05, 4.69) is 0 Å². The molecule has 1 fully saturated rings. The number of hydrogen-bond acceptors (Lipinski definition) is 4. The summed E-state index contributed by atoms with van der Waals surface area (Å²) in [6.45, 7) is 5.13. The smallest absolute Gasteiger partial charge is 0.341 e. The van der Waals surface area contributed by atoms with Gasteiger partial charge in [-0.2, -0.15) is 0 Å². The van der Waals surface area contributed by atoms with Gasteiger partial charge < -0.3 is 14.0 Å². The van der Waals surface area contributed by atoms with Crippen molar-refractivity contribution in [3.63, 3.8) is 0 Å². The number of thiophene rings is 1. The predicted molar refractivity (Wildman–Crippen MR) is 87.0 cm³/mol. The quantitative estimate of drug-likeness (QED) is 0.803. The first-order valence-electron chi connectivity index (χ1n) is 7.69. The molecule has 4 nitrogen and oxygen atoms in total. The normalized spacial score (nSPS) is 18.4. The summed E-state index contributed by atoms with van der Waals surface area (Å²) in [6, 6.07) is 3.91. The first-order valence-corrected chi connectivity index (χ1v) is 8.50. The van der Waals surface area contributed by atoms with Gasteiger partial charge in [0.2, 0.25) is 0 Å². The van der Waals surface area contributed by atoms with Gasteiger partial charge >= 0.3 is 5.97 Å². The molecular formula is C17H21NO3S. The van der Waals surface area contributed by atoms with Gasteiger partial charge in [-0.3, -0.25) is 0 Å². The Morgan fingerprint density at radius 1 is 1.36 bits per heavy atom. The fourth-order valence-corrected chi connectivity index (χ4v) is 3.79. The van der Waals surface area contributed by atoms with Crippen molar-refractivity contribution in [2.75, 3.05) is 13.2 Å². The molecule has 0 aliphatic carbocycles. The van der Waals surface area contributed by atoms with Crippen LogP contribution in [0.4, 0.5) is 0 Å². The maximum absolute atomic E-state index is 12.6. The number of carbonyl (C=O) groups excluding carboxylic acids is 1. The largest absolute Gasteiger partial charge is 0.459 e. The molecule has 1 saturated heterocycles. The van der Waals surface area contributed by atoms with E-state index >= 15 is 0 Å². The standard InChI is InChI=1S/C17H21NO3S/c1-12-13(2)22-16(18-8-4-5-9-18)15(12)17(19)21-11-14-7-3-6-10-20-14/h4-5,8-9,14H,3,6-7,10-11H2,1-2H3. The molecule has 118 valence electrons. The van der Waals surface area contributed by atoms with Gasteiger partial charge in [0.25, 0.3) is 0 Å². The lowest BCUT2D eigenvalue weighted by molar-refractivity contribution is -0.0300. The summed E-state index contributed by atoms with van der Waals surface area (Å²) in [5.41, 5.74) is 1.68. The minimum atomic E-state index is -0.250. The van der Waals surface area contributed by atoms with E-state index in [9.17, 15) is 4.79 Å². The molecule has 1 atom stereocenters. The lowest BCUT2D eigenvalue weighted by atomic mass is 10.1. The van der Waals surface area contributed by atoms with Crippen LogP contribution in [0.25, 0.3) is 5.00 Å². The van der Waals surface area contributed by atoms with Crippen molar-refractivity contribution in [3.05, 3.63) is 40.5 Å². The molecule has 0 bridgehead atoms. The van der Waals surface area contributed by atoms with Crippen LogP contribution in [-0.2, 0) is 9.47 Å². The molecule has 3 heterocycles. The van der Waals surface area contributed by atoms with E-state index < -0.39 is 0 Å². The average Bonchev–Trinajstić information content (AvgIpc) is 3.15. The van der Waals surface area contributed by atoms with Gasteiger partial charge in [-0.25, -0.2) is 4.79 Å². The van der Waals surface area contributed by atoms with E-state index in [-0.39, 0.29) is 12.1 Å². The maximum Gasteiger partial charge on any atom is 0.341 e. The molecule has 0 aromatic carbocycles. The van der Waals surface area contributed by atoms with Crippen LogP contribution in [0, 0.1) is 13.8 Å². The van der Waals surface area contributed by atoms with Gasteiger partial charge in [-0.1, -0.05) is 0 Å². The second kappa shape index (κ2) is 6.67. The van der Waals surface area contributed by atoms with Crippen LogP contribution in [0.15, 0.2) is 24.5 Å². The highest BCUT2D eigenvalue weighted by molar-refractivity contribution is 7.15. The zero-order valence-electron chi connectivity index (χ0n) is 13.0. The molecule has 2 aromatic rings. The zero-order valence-corrected chi connectivity index (χ0v) is 13.8. The Labute approximate surface area is 134 Å². The van der Waals surface area contributed by atoms with Crippen molar-refractivity contribution in [1.82, 2.24) is 4.57 Å². The van der Waals surface area contributed by atoms with Crippen LogP contribution in [0.5, 0.6) is 0 Å². The summed E-state index contributed by atoms with van der Waals surface area (Å²) in [5.74, 6) is -0.250. The van der Waals surface area contributed by atoms with E-state index in [1.807, 2.05) is 42.9 Å². The zero-order chi connectivity index (χ0) is 15.5. The number of nitrogens with zero attached hydrogens (tertiary/aromatic N) is 1. The Hall–Kier alpha value is -1.59. The fourth-order valence-electron chi connectivity index (χ4n) is 2.68. The number of rotatable bonds is 4. The number of ether oxygens (including phenoxy) is 2. The van der Waals surface area contributed by atoms with Gasteiger partial charge in [-0.05, 0) is 50.8 Å². The van der Waals surface area contributed by atoms with Crippen molar-refractivity contribution in [2.24, 2.45) is 0 Å². The first kappa shape index (κ1) is 15.3. The van der Waals surface area contributed by atoms with Gasteiger partial charge in [0, 0.05) is 23.9 Å². The molecule has 0 saturated carbocycles. The molecule has 0 N–H and O–H groups in total. The molecule has 0 amide bonds. The Morgan fingerprint density at radius 2 is 2.14 bits per heavy atom. The van der Waals surface area contributed by atoms with Gasteiger partial charge in [-0.15, -0.1) is 11.3 Å². The predicted octanol–water partition coefficient (Wildman–Crippen LogP) is 3.88. The van der Waals surface area contributed by atoms with Crippen LogP contribution in [0.1, 0.15) is 40.1 Å². The highest BCUT2D eigenvalue weighted by Gasteiger charge is 2.23. The van der Waals surface area contributed by atoms with Crippen molar-refractivity contribution in [1.29, 1.82) is 0 Å². The molecule has 0 spiro atoms. The Kier molecular flexibility index (Phi) is 4.64. The lowest BCUT2D eigenvalue weighted by Crippen LogP contribution is -2.26. The van der Waals surface area contributed by atoms with E-state index in [1.165, 1.54) is 0 Å². The van der Waals surface area contributed by atoms with Crippen LogP contribution >= 0.6 is 11.3 Å². The third kappa shape index (κ3) is 3.10. The molecule has 1 aliphatic heterocycles. The van der Waals surface area contributed by atoms with E-state index in [0.717, 1.165) is 41.3 Å². The number of aromatic nitrogens is 1. The third-order valence-corrected chi connectivity index (χ3v) is 5.30. The summed E-state index contributed by atoms with van der Waals surface area (Å²) < 4.78 is 13.1. The molecule has 3 rings (SSSR count). The Balaban J connectivity index is 1.77. The maximum atomic E-state index is 12.6. The van der Waals surface area contributed by atoms with Crippen molar-refractivity contribution in [2.45, 2.75) is 39.2 Å². The minimum Gasteiger partial charge on any atom is -0.459 e. The topological polar surface area (TPSA) is 40.5 Å². The van der Waals surface area contributed by atoms with E-state index in [0.29, 0.717) is 12.2 Å². The van der Waals surface area contributed by atoms with Crippen LogP contribution < -0.4 is 0 Å². The van der Waals surface area contributed by atoms with Crippen LogP contribution in [-0.4, -0.2) is 29.9 Å². The second-order valence-corrected chi connectivity index (χ2v) is 6.84. The first-order chi connectivity index (χ1) is 10.7. The SMILES string of the molecule is Cc1sc(-n2cccc2)c(C(=O)OCC2CCCCO2)c1C.